The van der Waals surface area contributed by atoms with Crippen molar-refractivity contribution in [1.82, 2.24) is 4.90 Å². The fourth-order valence-corrected chi connectivity index (χ4v) is 4.23. The molecule has 0 fully saturated rings. The largest absolute Gasteiger partial charge is 0.444 e. The van der Waals surface area contributed by atoms with E-state index in [0.29, 0.717) is 5.57 Å². The second-order valence-electron chi connectivity index (χ2n) is 8.58. The molecule has 7 nitrogen and oxygen atoms in total. The van der Waals surface area contributed by atoms with E-state index in [1.165, 1.54) is 23.1 Å². The van der Waals surface area contributed by atoms with Crippen molar-refractivity contribution in [2.24, 2.45) is 17.1 Å². The summed E-state index contributed by atoms with van der Waals surface area (Å²) in [5.74, 6) is -2.30. The van der Waals surface area contributed by atoms with E-state index in [-0.39, 0.29) is 29.9 Å². The number of amides is 1. The molecule has 0 bridgehead atoms. The predicted octanol–water partition coefficient (Wildman–Crippen LogP) is 3.49. The summed E-state index contributed by atoms with van der Waals surface area (Å²) in [4.78, 5) is 14.1. The van der Waals surface area contributed by atoms with Crippen molar-refractivity contribution in [3.05, 3.63) is 58.6 Å². The number of carbonyl (C=O) groups is 1. The Kier molecular flexibility index (Phi) is 5.49. The normalized spacial score (nSPS) is 22.4. The number of nitrogens with zero attached hydrogens (tertiary/aromatic N) is 4. The lowest BCUT2D eigenvalue weighted by Crippen LogP contribution is -2.50. The molecule has 2 aliphatic rings. The van der Waals surface area contributed by atoms with Crippen LogP contribution in [-0.2, 0) is 4.74 Å². The second-order valence-corrected chi connectivity index (χ2v) is 8.58. The van der Waals surface area contributed by atoms with Gasteiger partial charge in [0.1, 0.15) is 17.5 Å². The van der Waals surface area contributed by atoms with Crippen molar-refractivity contribution < 1.29 is 13.9 Å². The Bertz CT molecular complexity index is 1100. The van der Waals surface area contributed by atoms with Crippen LogP contribution in [0.5, 0.6) is 0 Å². The van der Waals surface area contributed by atoms with E-state index < -0.39 is 34.8 Å². The molecule has 158 valence electrons. The SMILES string of the molecule is CC(C)(C)OC(=O)N1CC=C2C(C#N)=C(N)C(C#N)(C#N)[C@H](c3ccccc3F)[C@@H]2C1. The number of allylic oxidation sites excluding steroid dienone is 2. The zero-order valence-electron chi connectivity index (χ0n) is 17.5. The lowest BCUT2D eigenvalue weighted by atomic mass is 9.58. The molecule has 0 saturated carbocycles. The Morgan fingerprint density at radius 2 is 1.90 bits per heavy atom. The van der Waals surface area contributed by atoms with E-state index in [1.807, 2.05) is 18.2 Å². The molecule has 2 N–H and O–H groups in total. The first-order valence-electron chi connectivity index (χ1n) is 9.75. The first-order valence-corrected chi connectivity index (χ1v) is 9.75. The van der Waals surface area contributed by atoms with Crippen LogP contribution >= 0.6 is 0 Å². The Morgan fingerprint density at radius 1 is 1.26 bits per heavy atom. The van der Waals surface area contributed by atoms with Gasteiger partial charge in [0.15, 0.2) is 5.41 Å². The lowest BCUT2D eigenvalue weighted by molar-refractivity contribution is 0.0224. The van der Waals surface area contributed by atoms with Gasteiger partial charge in [0.25, 0.3) is 0 Å². The topological polar surface area (TPSA) is 127 Å². The van der Waals surface area contributed by atoms with Gasteiger partial charge in [-0.1, -0.05) is 24.3 Å². The van der Waals surface area contributed by atoms with Crippen molar-refractivity contribution in [2.45, 2.75) is 32.3 Å². The summed E-state index contributed by atoms with van der Waals surface area (Å²) in [6.07, 6.45) is 1.09. The Hall–Kier alpha value is -3.83. The van der Waals surface area contributed by atoms with E-state index in [2.05, 4.69) is 0 Å². The number of rotatable bonds is 1. The maximum atomic E-state index is 14.9. The lowest BCUT2D eigenvalue weighted by Gasteiger charge is -2.45. The molecule has 1 heterocycles. The van der Waals surface area contributed by atoms with Crippen LogP contribution in [0.15, 0.2) is 47.2 Å². The summed E-state index contributed by atoms with van der Waals surface area (Å²) in [5, 5.41) is 29.8. The van der Waals surface area contributed by atoms with Gasteiger partial charge in [0.05, 0.1) is 23.4 Å². The smallest absolute Gasteiger partial charge is 0.410 e. The van der Waals surface area contributed by atoms with E-state index in [1.54, 1.807) is 32.9 Å². The molecule has 3 rings (SSSR count). The molecular weight excluding hydrogens is 397 g/mol. The molecule has 1 amide bonds. The third kappa shape index (κ3) is 3.60. The first kappa shape index (κ1) is 21.9. The highest BCUT2D eigenvalue weighted by Gasteiger charge is 2.55. The fraction of sp³-hybridized carbons (Fsp3) is 0.391. The van der Waals surface area contributed by atoms with Crippen LogP contribution in [-0.4, -0.2) is 29.7 Å². The number of fused-ring (bicyclic) bond motifs is 1. The standard InChI is InChI=1S/C23H22FN5O2/c1-22(2,3)31-21(30)29-9-8-14-16(10-25)20(28)23(12-26,13-27)19(17(14)11-29)15-6-4-5-7-18(15)24/h4-8,17,19H,9,11,28H2,1-3H3/t17-,19-/m1/s1. The molecule has 2 atom stereocenters. The number of hydrogen-bond acceptors (Lipinski definition) is 6. The molecule has 0 aromatic heterocycles. The van der Waals surface area contributed by atoms with Crippen LogP contribution < -0.4 is 5.73 Å². The average molecular weight is 419 g/mol. The van der Waals surface area contributed by atoms with Gasteiger partial charge in [-0.25, -0.2) is 9.18 Å². The number of hydrogen-bond donors (Lipinski definition) is 1. The third-order valence-electron chi connectivity index (χ3n) is 5.56. The van der Waals surface area contributed by atoms with Gasteiger partial charge in [-0.3, -0.25) is 0 Å². The summed E-state index contributed by atoms with van der Waals surface area (Å²) >= 11 is 0. The van der Waals surface area contributed by atoms with Crippen molar-refractivity contribution >= 4 is 6.09 Å². The van der Waals surface area contributed by atoms with E-state index in [0.717, 1.165) is 0 Å². The zero-order chi connectivity index (χ0) is 23.0. The van der Waals surface area contributed by atoms with Crippen molar-refractivity contribution in [1.29, 1.82) is 15.8 Å². The minimum absolute atomic E-state index is 0.0320. The zero-order valence-corrected chi connectivity index (χ0v) is 17.5. The van der Waals surface area contributed by atoms with Crippen LogP contribution in [0.3, 0.4) is 0 Å². The molecule has 0 unspecified atom stereocenters. The van der Waals surface area contributed by atoms with Gasteiger partial charge in [-0.15, -0.1) is 0 Å². The van der Waals surface area contributed by atoms with Crippen LogP contribution in [0.25, 0.3) is 0 Å². The average Bonchev–Trinajstić information content (AvgIpc) is 2.72. The molecule has 0 saturated heterocycles. The monoisotopic (exact) mass is 419 g/mol. The van der Waals surface area contributed by atoms with Crippen LogP contribution in [0.4, 0.5) is 9.18 Å². The van der Waals surface area contributed by atoms with Crippen molar-refractivity contribution in [2.75, 3.05) is 13.1 Å². The third-order valence-corrected chi connectivity index (χ3v) is 5.56. The molecule has 1 aliphatic heterocycles. The molecule has 1 aromatic rings. The molecule has 0 radical (unpaired) electrons. The van der Waals surface area contributed by atoms with E-state index >= 15 is 0 Å². The Morgan fingerprint density at radius 3 is 2.45 bits per heavy atom. The Labute approximate surface area is 180 Å². The van der Waals surface area contributed by atoms with Gasteiger partial charge >= 0.3 is 6.09 Å². The first-order chi connectivity index (χ1) is 14.6. The number of carbonyl (C=O) groups excluding carboxylic acids is 1. The molecule has 1 aliphatic carbocycles. The number of halogens is 1. The van der Waals surface area contributed by atoms with Crippen LogP contribution in [0.1, 0.15) is 32.3 Å². The van der Waals surface area contributed by atoms with Gasteiger partial charge in [0, 0.05) is 24.9 Å². The highest BCUT2D eigenvalue weighted by atomic mass is 19.1. The highest BCUT2D eigenvalue weighted by molar-refractivity contribution is 5.70. The second kappa shape index (κ2) is 7.78. The van der Waals surface area contributed by atoms with E-state index in [9.17, 15) is 25.0 Å². The summed E-state index contributed by atoms with van der Waals surface area (Å²) in [6, 6.07) is 11.8. The minimum Gasteiger partial charge on any atom is -0.444 e. The summed E-state index contributed by atoms with van der Waals surface area (Å²) in [7, 11) is 0. The van der Waals surface area contributed by atoms with Crippen molar-refractivity contribution in [3.63, 3.8) is 0 Å². The summed E-state index contributed by atoms with van der Waals surface area (Å²) in [6.45, 7) is 5.43. The maximum absolute atomic E-state index is 14.9. The molecule has 31 heavy (non-hydrogen) atoms. The molecular formula is C23H22FN5O2. The van der Waals surface area contributed by atoms with Gasteiger partial charge < -0.3 is 15.4 Å². The van der Waals surface area contributed by atoms with Gasteiger partial charge in [-0.2, -0.15) is 15.8 Å². The number of ether oxygens (including phenoxy) is 1. The molecule has 0 spiro atoms. The number of benzene rings is 1. The summed E-state index contributed by atoms with van der Waals surface area (Å²) in [5.41, 5.74) is 3.99. The highest BCUT2D eigenvalue weighted by Crippen LogP contribution is 2.54. The summed E-state index contributed by atoms with van der Waals surface area (Å²) < 4.78 is 20.3. The Balaban J connectivity index is 2.21. The number of nitrogens with two attached hydrogens (primary N) is 1. The molecule has 1 aromatic carbocycles. The quantitative estimate of drug-likeness (QED) is 0.742. The van der Waals surface area contributed by atoms with E-state index in [4.69, 9.17) is 10.5 Å². The maximum Gasteiger partial charge on any atom is 0.410 e. The van der Waals surface area contributed by atoms with Crippen LogP contribution in [0.2, 0.25) is 0 Å². The fourth-order valence-electron chi connectivity index (χ4n) is 4.23. The molecule has 8 heteroatoms. The van der Waals surface area contributed by atoms with Crippen molar-refractivity contribution in [3.8, 4) is 18.2 Å². The van der Waals surface area contributed by atoms with Crippen LogP contribution in [0, 0.1) is 51.1 Å². The predicted molar refractivity (Wildman–Crippen MR) is 109 cm³/mol. The number of nitriles is 3. The van der Waals surface area contributed by atoms with Gasteiger partial charge in [0.2, 0.25) is 0 Å². The van der Waals surface area contributed by atoms with Gasteiger partial charge in [-0.05, 0) is 38.0 Å². The minimum atomic E-state index is -1.97.